The third-order valence-electron chi connectivity index (χ3n) is 1.16. The summed E-state index contributed by atoms with van der Waals surface area (Å²) in [7, 11) is 0. The molecule has 1 fully saturated rings. The molecule has 8 heavy (non-hydrogen) atoms. The maximum atomic E-state index is 5.59. The highest BCUT2D eigenvalue weighted by atomic mass is 32.2. The Bertz CT molecular complexity index is 68.8. The van der Waals surface area contributed by atoms with Gasteiger partial charge in [-0.15, -0.1) is 0 Å². The number of hydrogen-bond acceptors (Lipinski definition) is 3. The Hall–Kier alpha value is 0.270. The summed E-state index contributed by atoms with van der Waals surface area (Å²) in [6, 6.07) is 0.601. The molecule has 1 aliphatic rings. The van der Waals surface area contributed by atoms with Crippen molar-refractivity contribution < 1.29 is 0 Å². The Kier molecular flexibility index (Phi) is 2.16. The van der Waals surface area contributed by atoms with Crippen LogP contribution in [0.4, 0.5) is 0 Å². The van der Waals surface area contributed by atoms with Gasteiger partial charge in [-0.25, -0.2) is 0 Å². The molecule has 1 aliphatic heterocycles. The SMILES string of the molecule is CC1CSCC(N)N1. The highest BCUT2D eigenvalue weighted by Gasteiger charge is 2.12. The summed E-state index contributed by atoms with van der Waals surface area (Å²) in [6.07, 6.45) is 0.226. The van der Waals surface area contributed by atoms with Gasteiger partial charge in [0.15, 0.2) is 0 Å². The van der Waals surface area contributed by atoms with Crippen LogP contribution in [0, 0.1) is 0 Å². The number of nitrogens with one attached hydrogen (secondary N) is 1. The van der Waals surface area contributed by atoms with Gasteiger partial charge >= 0.3 is 0 Å². The predicted octanol–water partition coefficient (Wildman–Crippen LogP) is -0.00390. The lowest BCUT2D eigenvalue weighted by Crippen LogP contribution is -2.49. The summed E-state index contributed by atoms with van der Waals surface area (Å²) < 4.78 is 0. The van der Waals surface area contributed by atoms with E-state index in [9.17, 15) is 0 Å². The Balaban J connectivity index is 2.23. The van der Waals surface area contributed by atoms with E-state index in [0.717, 1.165) is 5.75 Å². The molecule has 0 aromatic carbocycles. The van der Waals surface area contributed by atoms with Gasteiger partial charge in [-0.2, -0.15) is 11.8 Å². The number of hydrogen-bond donors (Lipinski definition) is 2. The molecular weight excluding hydrogens is 120 g/mol. The molecule has 0 saturated carbocycles. The van der Waals surface area contributed by atoms with Crippen LogP contribution in [0.15, 0.2) is 0 Å². The Morgan fingerprint density at radius 1 is 1.62 bits per heavy atom. The van der Waals surface area contributed by atoms with Crippen molar-refractivity contribution in [3.05, 3.63) is 0 Å². The van der Waals surface area contributed by atoms with Crippen molar-refractivity contribution in [2.45, 2.75) is 19.1 Å². The largest absolute Gasteiger partial charge is 0.315 e. The zero-order valence-electron chi connectivity index (χ0n) is 5.05. The quantitative estimate of drug-likeness (QED) is 0.487. The normalized spacial score (nSPS) is 39.8. The maximum absolute atomic E-state index is 5.59. The van der Waals surface area contributed by atoms with E-state index in [0.29, 0.717) is 6.04 Å². The fourth-order valence-corrected chi connectivity index (χ4v) is 1.77. The lowest BCUT2D eigenvalue weighted by atomic mass is 10.3. The minimum absolute atomic E-state index is 0.226. The van der Waals surface area contributed by atoms with E-state index in [1.807, 2.05) is 11.8 Å². The predicted molar refractivity (Wildman–Crippen MR) is 37.9 cm³/mol. The van der Waals surface area contributed by atoms with Crippen molar-refractivity contribution in [1.82, 2.24) is 5.32 Å². The van der Waals surface area contributed by atoms with Crippen LogP contribution in [0.2, 0.25) is 0 Å². The lowest BCUT2D eigenvalue weighted by Gasteiger charge is -2.24. The zero-order chi connectivity index (χ0) is 5.98. The summed E-state index contributed by atoms with van der Waals surface area (Å²) in [4.78, 5) is 0. The van der Waals surface area contributed by atoms with Gasteiger partial charge in [0, 0.05) is 17.5 Å². The first kappa shape index (κ1) is 6.39. The fraction of sp³-hybridized carbons (Fsp3) is 1.00. The number of thioether (sulfide) groups is 1. The first-order valence-corrected chi connectivity index (χ1v) is 4.04. The van der Waals surface area contributed by atoms with E-state index < -0.39 is 0 Å². The molecule has 0 bridgehead atoms. The molecule has 2 atom stereocenters. The highest BCUT2D eigenvalue weighted by molar-refractivity contribution is 7.99. The van der Waals surface area contributed by atoms with Gasteiger partial charge in [-0.05, 0) is 6.92 Å². The summed E-state index contributed by atoms with van der Waals surface area (Å²) in [5.41, 5.74) is 5.59. The molecule has 1 rings (SSSR count). The molecule has 0 radical (unpaired) electrons. The standard InChI is InChI=1S/C5H12N2S/c1-4-2-8-3-5(6)7-4/h4-5,7H,2-3,6H2,1H3. The molecule has 2 unspecified atom stereocenters. The minimum Gasteiger partial charge on any atom is -0.315 e. The van der Waals surface area contributed by atoms with E-state index >= 15 is 0 Å². The van der Waals surface area contributed by atoms with Gasteiger partial charge < -0.3 is 5.73 Å². The molecule has 3 N–H and O–H groups in total. The molecule has 1 saturated heterocycles. The maximum Gasteiger partial charge on any atom is 0.0641 e. The molecule has 2 nitrogen and oxygen atoms in total. The van der Waals surface area contributed by atoms with Crippen LogP contribution in [-0.4, -0.2) is 23.7 Å². The van der Waals surface area contributed by atoms with Crippen LogP contribution in [-0.2, 0) is 0 Å². The van der Waals surface area contributed by atoms with E-state index in [4.69, 9.17) is 5.73 Å². The average molecular weight is 132 g/mol. The van der Waals surface area contributed by atoms with Gasteiger partial charge in [0.25, 0.3) is 0 Å². The second kappa shape index (κ2) is 2.71. The van der Waals surface area contributed by atoms with Gasteiger partial charge in [0.05, 0.1) is 6.17 Å². The van der Waals surface area contributed by atoms with Crippen LogP contribution in [0.5, 0.6) is 0 Å². The van der Waals surface area contributed by atoms with Gasteiger partial charge in [-0.3, -0.25) is 5.32 Å². The average Bonchev–Trinajstić information content (AvgIpc) is 1.64. The second-order valence-electron chi connectivity index (χ2n) is 2.21. The first-order valence-electron chi connectivity index (χ1n) is 2.88. The fourth-order valence-electron chi connectivity index (χ4n) is 0.833. The van der Waals surface area contributed by atoms with Crippen molar-refractivity contribution in [2.24, 2.45) is 5.73 Å². The zero-order valence-corrected chi connectivity index (χ0v) is 5.87. The summed E-state index contributed by atoms with van der Waals surface area (Å²) in [5, 5.41) is 3.24. The summed E-state index contributed by atoms with van der Waals surface area (Å²) >= 11 is 1.92. The van der Waals surface area contributed by atoms with Crippen LogP contribution in [0.3, 0.4) is 0 Å². The molecule has 48 valence electrons. The van der Waals surface area contributed by atoms with Crippen molar-refractivity contribution in [1.29, 1.82) is 0 Å². The first-order chi connectivity index (χ1) is 3.79. The number of nitrogens with two attached hydrogens (primary N) is 1. The molecule has 0 spiro atoms. The summed E-state index contributed by atoms with van der Waals surface area (Å²) in [6.45, 7) is 2.16. The van der Waals surface area contributed by atoms with Crippen molar-refractivity contribution in [3.8, 4) is 0 Å². The van der Waals surface area contributed by atoms with Crippen molar-refractivity contribution >= 4 is 11.8 Å². The van der Waals surface area contributed by atoms with Gasteiger partial charge in [0.2, 0.25) is 0 Å². The molecular formula is C5H12N2S. The third-order valence-corrected chi connectivity index (χ3v) is 2.49. The van der Waals surface area contributed by atoms with Crippen molar-refractivity contribution in [3.63, 3.8) is 0 Å². The smallest absolute Gasteiger partial charge is 0.0641 e. The van der Waals surface area contributed by atoms with Gasteiger partial charge in [-0.1, -0.05) is 0 Å². The van der Waals surface area contributed by atoms with Crippen LogP contribution in [0.25, 0.3) is 0 Å². The Labute approximate surface area is 54.2 Å². The molecule has 3 heteroatoms. The summed E-state index contributed by atoms with van der Waals surface area (Å²) in [5.74, 6) is 2.26. The molecule has 0 aromatic heterocycles. The highest BCUT2D eigenvalue weighted by Crippen LogP contribution is 2.08. The lowest BCUT2D eigenvalue weighted by molar-refractivity contribution is 0.499. The Morgan fingerprint density at radius 3 is 2.75 bits per heavy atom. The van der Waals surface area contributed by atoms with E-state index in [2.05, 4.69) is 12.2 Å². The van der Waals surface area contributed by atoms with Crippen LogP contribution >= 0.6 is 11.8 Å². The van der Waals surface area contributed by atoms with E-state index in [1.165, 1.54) is 5.75 Å². The third kappa shape index (κ3) is 1.65. The van der Waals surface area contributed by atoms with Crippen LogP contribution < -0.4 is 11.1 Å². The minimum atomic E-state index is 0.226. The van der Waals surface area contributed by atoms with E-state index in [1.54, 1.807) is 0 Å². The monoisotopic (exact) mass is 132 g/mol. The molecule has 0 aromatic rings. The number of rotatable bonds is 0. The van der Waals surface area contributed by atoms with E-state index in [-0.39, 0.29) is 6.17 Å². The van der Waals surface area contributed by atoms with Gasteiger partial charge in [0.1, 0.15) is 0 Å². The second-order valence-corrected chi connectivity index (χ2v) is 3.29. The Morgan fingerprint density at radius 2 is 2.38 bits per heavy atom. The molecule has 1 heterocycles. The molecule has 0 amide bonds. The topological polar surface area (TPSA) is 38.0 Å². The molecule has 0 aliphatic carbocycles. The van der Waals surface area contributed by atoms with Crippen LogP contribution in [0.1, 0.15) is 6.92 Å². The van der Waals surface area contributed by atoms with Crippen molar-refractivity contribution in [2.75, 3.05) is 11.5 Å².